The second-order valence-corrected chi connectivity index (χ2v) is 5.17. The Hall–Kier alpha value is -1.50. The van der Waals surface area contributed by atoms with Crippen molar-refractivity contribution in [2.75, 3.05) is 5.73 Å². The Kier molecular flexibility index (Phi) is 3.37. The van der Waals surface area contributed by atoms with E-state index in [0.29, 0.717) is 5.92 Å². The summed E-state index contributed by atoms with van der Waals surface area (Å²) in [6.07, 6.45) is 6.89. The number of hydrogen-bond donors (Lipinski definition) is 1. The Morgan fingerprint density at radius 1 is 1.29 bits per heavy atom. The van der Waals surface area contributed by atoms with E-state index in [-0.39, 0.29) is 0 Å². The van der Waals surface area contributed by atoms with Crippen LogP contribution < -0.4 is 5.73 Å². The molecule has 1 unspecified atom stereocenters. The molecule has 1 nitrogen and oxygen atoms in total. The van der Waals surface area contributed by atoms with Crippen molar-refractivity contribution in [1.29, 1.82) is 0 Å². The summed E-state index contributed by atoms with van der Waals surface area (Å²) in [5, 5.41) is 0. The Morgan fingerprint density at radius 2 is 2.06 bits per heavy atom. The van der Waals surface area contributed by atoms with E-state index >= 15 is 0 Å². The molecule has 1 heteroatoms. The van der Waals surface area contributed by atoms with Crippen molar-refractivity contribution in [2.45, 2.75) is 33.6 Å². The van der Waals surface area contributed by atoms with Gasteiger partial charge in [-0.2, -0.15) is 0 Å². The summed E-state index contributed by atoms with van der Waals surface area (Å²) >= 11 is 0. The van der Waals surface area contributed by atoms with Crippen LogP contribution in [0.4, 0.5) is 5.69 Å². The molecule has 2 rings (SSSR count). The second kappa shape index (κ2) is 4.79. The fourth-order valence-corrected chi connectivity index (χ4v) is 2.37. The molecule has 0 spiro atoms. The van der Waals surface area contributed by atoms with Crippen LogP contribution >= 0.6 is 0 Å². The predicted octanol–water partition coefficient (Wildman–Crippen LogP) is 4.03. The van der Waals surface area contributed by atoms with Crippen LogP contribution in [-0.4, -0.2) is 0 Å². The molecule has 1 aliphatic rings. The Labute approximate surface area is 104 Å². The number of allylic oxidation sites excluding steroid dienone is 4. The zero-order chi connectivity index (χ0) is 12.4. The summed E-state index contributed by atoms with van der Waals surface area (Å²) < 4.78 is 0. The van der Waals surface area contributed by atoms with Gasteiger partial charge in [0, 0.05) is 5.69 Å². The molecule has 0 saturated carbocycles. The van der Waals surface area contributed by atoms with Gasteiger partial charge < -0.3 is 5.73 Å². The molecule has 0 saturated heterocycles. The fraction of sp³-hybridized carbons (Fsp3) is 0.375. The van der Waals surface area contributed by atoms with Crippen LogP contribution in [0.3, 0.4) is 0 Å². The van der Waals surface area contributed by atoms with Crippen LogP contribution in [-0.2, 0) is 6.42 Å². The average Bonchev–Trinajstić information content (AvgIpc) is 2.27. The second-order valence-electron chi connectivity index (χ2n) is 5.17. The highest BCUT2D eigenvalue weighted by atomic mass is 14.5. The minimum atomic E-state index is 0.663. The van der Waals surface area contributed by atoms with Crippen molar-refractivity contribution < 1.29 is 0 Å². The number of benzene rings is 1. The Balaban J connectivity index is 2.23. The van der Waals surface area contributed by atoms with E-state index in [1.54, 1.807) is 0 Å². The van der Waals surface area contributed by atoms with E-state index in [0.717, 1.165) is 12.1 Å². The smallest absolute Gasteiger partial charge is 0.0316 e. The van der Waals surface area contributed by atoms with E-state index in [2.05, 4.69) is 45.1 Å². The van der Waals surface area contributed by atoms with Gasteiger partial charge in [0.1, 0.15) is 0 Å². The summed E-state index contributed by atoms with van der Waals surface area (Å²) in [5.41, 5.74) is 12.3. The lowest BCUT2D eigenvalue weighted by molar-refractivity contribution is 0.660. The van der Waals surface area contributed by atoms with Gasteiger partial charge in [-0.05, 0) is 55.9 Å². The first-order valence-electron chi connectivity index (χ1n) is 6.28. The van der Waals surface area contributed by atoms with Gasteiger partial charge in [-0.3, -0.25) is 0 Å². The van der Waals surface area contributed by atoms with Gasteiger partial charge >= 0.3 is 0 Å². The van der Waals surface area contributed by atoms with Crippen LogP contribution in [0.15, 0.2) is 41.5 Å². The molecule has 0 radical (unpaired) electrons. The summed E-state index contributed by atoms with van der Waals surface area (Å²) in [4.78, 5) is 0. The highest BCUT2D eigenvalue weighted by Crippen LogP contribution is 2.27. The molecular weight excluding hydrogens is 206 g/mol. The van der Waals surface area contributed by atoms with Gasteiger partial charge in [0.05, 0.1) is 0 Å². The van der Waals surface area contributed by atoms with Crippen LogP contribution in [0.2, 0.25) is 0 Å². The van der Waals surface area contributed by atoms with E-state index in [4.69, 9.17) is 5.73 Å². The van der Waals surface area contributed by atoms with Crippen molar-refractivity contribution >= 4 is 5.69 Å². The predicted molar refractivity (Wildman–Crippen MR) is 74.9 cm³/mol. The number of nitrogen functional groups attached to an aromatic ring is 1. The first-order chi connectivity index (χ1) is 8.06. The van der Waals surface area contributed by atoms with Crippen molar-refractivity contribution in [1.82, 2.24) is 0 Å². The summed E-state index contributed by atoms with van der Waals surface area (Å²) in [6, 6.07) is 6.22. The summed E-state index contributed by atoms with van der Waals surface area (Å²) in [5.74, 6) is 0.663. The van der Waals surface area contributed by atoms with E-state index in [9.17, 15) is 0 Å². The lowest BCUT2D eigenvalue weighted by Crippen LogP contribution is -2.07. The summed E-state index contributed by atoms with van der Waals surface area (Å²) in [6.45, 7) is 6.63. The highest BCUT2D eigenvalue weighted by Gasteiger charge is 2.13. The summed E-state index contributed by atoms with van der Waals surface area (Å²) in [7, 11) is 0. The van der Waals surface area contributed by atoms with E-state index in [1.165, 1.54) is 28.7 Å². The van der Waals surface area contributed by atoms with Gasteiger partial charge in [-0.15, -0.1) is 0 Å². The highest BCUT2D eigenvalue weighted by molar-refractivity contribution is 5.46. The van der Waals surface area contributed by atoms with Gasteiger partial charge in [-0.1, -0.05) is 36.3 Å². The Morgan fingerprint density at radius 3 is 2.76 bits per heavy atom. The monoisotopic (exact) mass is 227 g/mol. The van der Waals surface area contributed by atoms with E-state index < -0.39 is 0 Å². The lowest BCUT2D eigenvalue weighted by atomic mass is 9.85. The zero-order valence-electron chi connectivity index (χ0n) is 11.0. The van der Waals surface area contributed by atoms with Crippen LogP contribution in [0, 0.1) is 12.8 Å². The van der Waals surface area contributed by atoms with Crippen molar-refractivity contribution in [3.63, 3.8) is 0 Å². The molecule has 0 aliphatic heterocycles. The molecule has 0 fully saturated rings. The topological polar surface area (TPSA) is 26.0 Å². The van der Waals surface area contributed by atoms with Crippen molar-refractivity contribution in [3.8, 4) is 0 Å². The minimum Gasteiger partial charge on any atom is -0.399 e. The average molecular weight is 227 g/mol. The molecule has 0 heterocycles. The zero-order valence-corrected chi connectivity index (χ0v) is 11.0. The van der Waals surface area contributed by atoms with Gasteiger partial charge in [0.2, 0.25) is 0 Å². The van der Waals surface area contributed by atoms with Gasteiger partial charge in [0.15, 0.2) is 0 Å². The quantitative estimate of drug-likeness (QED) is 0.758. The maximum absolute atomic E-state index is 5.79. The first kappa shape index (κ1) is 12.0. The fourth-order valence-electron chi connectivity index (χ4n) is 2.37. The van der Waals surface area contributed by atoms with E-state index in [1.807, 2.05) is 6.07 Å². The Bertz CT molecular complexity index is 480. The molecule has 1 aromatic rings. The number of hydrogen-bond acceptors (Lipinski definition) is 1. The standard InChI is InChI=1S/C16H21N/c1-11-4-5-12(2)15(8-11)10-14-6-7-16(17)9-13(14)3/h4,6-9,12H,5,10,17H2,1-3H3. The normalized spacial score (nSPS) is 19.8. The van der Waals surface area contributed by atoms with Gasteiger partial charge in [0.25, 0.3) is 0 Å². The molecule has 1 aromatic carbocycles. The first-order valence-corrected chi connectivity index (χ1v) is 6.28. The maximum atomic E-state index is 5.79. The van der Waals surface area contributed by atoms with Crippen LogP contribution in [0.1, 0.15) is 31.4 Å². The van der Waals surface area contributed by atoms with Crippen molar-refractivity contribution in [3.05, 3.63) is 52.6 Å². The molecule has 0 aromatic heterocycles. The molecule has 17 heavy (non-hydrogen) atoms. The largest absolute Gasteiger partial charge is 0.399 e. The molecule has 90 valence electrons. The SMILES string of the molecule is CC1=CCC(C)C(Cc2ccc(N)cc2C)=C1. The van der Waals surface area contributed by atoms with Gasteiger partial charge in [-0.25, -0.2) is 0 Å². The van der Waals surface area contributed by atoms with Crippen molar-refractivity contribution in [2.24, 2.45) is 5.92 Å². The number of nitrogens with two attached hydrogens (primary N) is 1. The third-order valence-electron chi connectivity index (χ3n) is 3.60. The molecular formula is C16H21N. The van der Waals surface area contributed by atoms with Crippen LogP contribution in [0.25, 0.3) is 0 Å². The third-order valence-corrected chi connectivity index (χ3v) is 3.60. The van der Waals surface area contributed by atoms with Crippen LogP contribution in [0.5, 0.6) is 0 Å². The lowest BCUT2D eigenvalue weighted by Gasteiger charge is -2.20. The molecule has 0 bridgehead atoms. The molecule has 2 N–H and O–H groups in total. The number of anilines is 1. The molecule has 1 aliphatic carbocycles. The molecule has 0 amide bonds. The number of rotatable bonds is 2. The number of aryl methyl sites for hydroxylation is 1. The molecule has 1 atom stereocenters. The third kappa shape index (κ3) is 2.79. The minimum absolute atomic E-state index is 0.663. The maximum Gasteiger partial charge on any atom is 0.0316 e.